The molecule has 2 aliphatic heterocycles. The van der Waals surface area contributed by atoms with E-state index < -0.39 is 0 Å². The second-order valence-electron chi connectivity index (χ2n) is 8.34. The second-order valence-corrected chi connectivity index (χ2v) is 8.34. The number of nitrogens with one attached hydrogen (secondary N) is 3. The Morgan fingerprint density at radius 3 is 2.93 bits per heavy atom. The monoisotopic (exact) mass is 374 g/mol. The summed E-state index contributed by atoms with van der Waals surface area (Å²) in [7, 11) is 0. The lowest BCUT2D eigenvalue weighted by atomic mass is 9.80. The van der Waals surface area contributed by atoms with Crippen LogP contribution in [0.1, 0.15) is 44.9 Å². The summed E-state index contributed by atoms with van der Waals surface area (Å²) in [6, 6.07) is 7.94. The van der Waals surface area contributed by atoms with E-state index in [1.807, 2.05) is 12.1 Å². The summed E-state index contributed by atoms with van der Waals surface area (Å²) in [4.78, 5) is 14.4. The summed E-state index contributed by atoms with van der Waals surface area (Å²) in [6.07, 6.45) is 7.61. The molecule has 3 N–H and O–H groups in total. The maximum Gasteiger partial charge on any atom is 0.220 e. The van der Waals surface area contributed by atoms with Gasteiger partial charge < -0.3 is 10.2 Å². The number of nitrogens with zero attached hydrogens (tertiary/aromatic N) is 1. The summed E-state index contributed by atoms with van der Waals surface area (Å²) >= 11 is 0. The average Bonchev–Trinajstić information content (AvgIpc) is 3.32. The van der Waals surface area contributed by atoms with Gasteiger partial charge in [0.05, 0.1) is 5.69 Å². The van der Waals surface area contributed by atoms with Crippen molar-refractivity contribution in [3.63, 3.8) is 0 Å². The number of carbonyl (C=O) groups excluding carboxylic acids is 1. The number of para-hydroxylation sites is 1. The predicted octanol–water partition coefficient (Wildman–Crippen LogP) is 2.58. The van der Waals surface area contributed by atoms with Crippen LogP contribution in [-0.2, 0) is 4.79 Å². The Balaban J connectivity index is 1.17. The third-order valence-electron chi connectivity index (χ3n) is 6.54. The molecule has 1 aromatic carbocycles. The molecule has 5 nitrogen and oxygen atoms in total. The molecule has 148 valence electrons. The third-order valence-corrected chi connectivity index (χ3v) is 6.54. The fourth-order valence-electron chi connectivity index (χ4n) is 4.99. The molecular formula is C21H31FN4O. The SMILES string of the molecule is O=C(CCC1NNC2CCCCC21)NCC1CCN(c2ccccc2F)C1. The topological polar surface area (TPSA) is 56.4 Å². The molecule has 3 fully saturated rings. The number of hydrogen-bond donors (Lipinski definition) is 3. The highest BCUT2D eigenvalue weighted by atomic mass is 19.1. The molecule has 0 spiro atoms. The van der Waals surface area contributed by atoms with E-state index in [0.717, 1.165) is 25.9 Å². The van der Waals surface area contributed by atoms with E-state index in [1.165, 1.54) is 31.7 Å². The van der Waals surface area contributed by atoms with Crippen molar-refractivity contribution in [2.24, 2.45) is 11.8 Å². The molecule has 27 heavy (non-hydrogen) atoms. The third kappa shape index (κ3) is 4.43. The molecule has 2 saturated heterocycles. The van der Waals surface area contributed by atoms with Gasteiger partial charge in [-0.3, -0.25) is 15.6 Å². The quantitative estimate of drug-likeness (QED) is 0.716. The van der Waals surface area contributed by atoms with E-state index in [1.54, 1.807) is 6.07 Å². The van der Waals surface area contributed by atoms with E-state index >= 15 is 0 Å². The van der Waals surface area contributed by atoms with Crippen LogP contribution >= 0.6 is 0 Å². The molecule has 1 aliphatic carbocycles. The van der Waals surface area contributed by atoms with Crippen molar-refractivity contribution < 1.29 is 9.18 Å². The normalized spacial score (nSPS) is 30.3. The number of halogens is 1. The van der Waals surface area contributed by atoms with E-state index in [0.29, 0.717) is 42.6 Å². The van der Waals surface area contributed by atoms with Crippen LogP contribution in [0.15, 0.2) is 24.3 Å². The summed E-state index contributed by atoms with van der Waals surface area (Å²) < 4.78 is 13.9. The first-order valence-corrected chi connectivity index (χ1v) is 10.5. The van der Waals surface area contributed by atoms with Crippen LogP contribution in [0.3, 0.4) is 0 Å². The Labute approximate surface area is 161 Å². The molecule has 3 aliphatic rings. The summed E-state index contributed by atoms with van der Waals surface area (Å²) in [5, 5.41) is 3.10. The number of benzene rings is 1. The van der Waals surface area contributed by atoms with Crippen LogP contribution in [0.2, 0.25) is 0 Å². The van der Waals surface area contributed by atoms with Gasteiger partial charge in [0, 0.05) is 38.1 Å². The fraction of sp³-hybridized carbons (Fsp3) is 0.667. The van der Waals surface area contributed by atoms with E-state index in [4.69, 9.17) is 0 Å². The van der Waals surface area contributed by atoms with Crippen molar-refractivity contribution in [3.05, 3.63) is 30.1 Å². The van der Waals surface area contributed by atoms with Gasteiger partial charge in [-0.2, -0.15) is 0 Å². The van der Waals surface area contributed by atoms with Gasteiger partial charge in [-0.1, -0.05) is 25.0 Å². The number of rotatable bonds is 6. The average molecular weight is 375 g/mol. The Morgan fingerprint density at radius 2 is 2.04 bits per heavy atom. The van der Waals surface area contributed by atoms with Crippen molar-refractivity contribution in [2.75, 3.05) is 24.5 Å². The van der Waals surface area contributed by atoms with Gasteiger partial charge in [0.25, 0.3) is 0 Å². The fourth-order valence-corrected chi connectivity index (χ4v) is 4.99. The molecule has 6 heteroatoms. The number of hydrogen-bond acceptors (Lipinski definition) is 4. The zero-order valence-corrected chi connectivity index (χ0v) is 15.9. The van der Waals surface area contributed by atoms with E-state index in [-0.39, 0.29) is 11.7 Å². The molecule has 1 saturated carbocycles. The van der Waals surface area contributed by atoms with Gasteiger partial charge >= 0.3 is 0 Å². The minimum Gasteiger partial charge on any atom is -0.369 e. The first-order valence-electron chi connectivity index (χ1n) is 10.5. The largest absolute Gasteiger partial charge is 0.369 e. The van der Waals surface area contributed by atoms with Crippen molar-refractivity contribution in [1.82, 2.24) is 16.2 Å². The molecular weight excluding hydrogens is 343 g/mol. The number of anilines is 1. The predicted molar refractivity (Wildman–Crippen MR) is 105 cm³/mol. The maximum absolute atomic E-state index is 13.9. The van der Waals surface area contributed by atoms with Crippen LogP contribution < -0.4 is 21.1 Å². The van der Waals surface area contributed by atoms with Crippen LogP contribution in [0.25, 0.3) is 0 Å². The first-order chi connectivity index (χ1) is 13.2. The molecule has 4 atom stereocenters. The molecule has 0 radical (unpaired) electrons. The highest BCUT2D eigenvalue weighted by molar-refractivity contribution is 5.75. The number of amides is 1. The molecule has 0 aromatic heterocycles. The van der Waals surface area contributed by atoms with E-state index in [2.05, 4.69) is 21.1 Å². The minimum atomic E-state index is -0.166. The molecule has 2 heterocycles. The van der Waals surface area contributed by atoms with Gasteiger partial charge in [0.2, 0.25) is 5.91 Å². The van der Waals surface area contributed by atoms with Gasteiger partial charge in [-0.25, -0.2) is 4.39 Å². The maximum atomic E-state index is 13.9. The Bertz CT molecular complexity index is 655. The van der Waals surface area contributed by atoms with Crippen LogP contribution in [-0.4, -0.2) is 37.6 Å². The minimum absolute atomic E-state index is 0.139. The molecule has 0 bridgehead atoms. The standard InChI is InChI=1S/C21H31FN4O/c22-17-6-2-4-8-20(17)26-12-11-15(14-26)13-23-21(27)10-9-19-16-5-1-3-7-18(16)24-25-19/h2,4,6,8,15-16,18-19,24-25H,1,3,5,7,9-14H2,(H,23,27). The van der Waals surface area contributed by atoms with Crippen molar-refractivity contribution in [1.29, 1.82) is 0 Å². The zero-order chi connectivity index (χ0) is 18.6. The molecule has 1 aromatic rings. The highest BCUT2D eigenvalue weighted by Gasteiger charge is 2.36. The number of fused-ring (bicyclic) bond motifs is 1. The number of carbonyl (C=O) groups is 1. The first kappa shape index (κ1) is 18.7. The van der Waals surface area contributed by atoms with Gasteiger partial charge in [-0.15, -0.1) is 0 Å². The van der Waals surface area contributed by atoms with E-state index in [9.17, 15) is 9.18 Å². The van der Waals surface area contributed by atoms with Crippen molar-refractivity contribution in [2.45, 2.75) is 57.0 Å². The van der Waals surface area contributed by atoms with Crippen molar-refractivity contribution >= 4 is 11.6 Å². The lowest BCUT2D eigenvalue weighted by Crippen LogP contribution is -2.35. The van der Waals surface area contributed by atoms with Gasteiger partial charge in [0.15, 0.2) is 0 Å². The van der Waals surface area contributed by atoms with Crippen LogP contribution in [0.5, 0.6) is 0 Å². The lowest BCUT2D eigenvalue weighted by Gasteiger charge is -2.27. The second kappa shape index (κ2) is 8.57. The smallest absolute Gasteiger partial charge is 0.220 e. The summed E-state index contributed by atoms with van der Waals surface area (Å²) in [6.45, 7) is 2.34. The van der Waals surface area contributed by atoms with Gasteiger partial charge in [0.1, 0.15) is 5.82 Å². The lowest BCUT2D eigenvalue weighted by molar-refractivity contribution is -0.121. The number of hydrazine groups is 1. The zero-order valence-electron chi connectivity index (χ0n) is 15.9. The Hall–Kier alpha value is -1.66. The summed E-state index contributed by atoms with van der Waals surface area (Å²) in [5.41, 5.74) is 7.50. The summed E-state index contributed by atoms with van der Waals surface area (Å²) in [5.74, 6) is 1.04. The highest BCUT2D eigenvalue weighted by Crippen LogP contribution is 2.31. The van der Waals surface area contributed by atoms with Crippen molar-refractivity contribution in [3.8, 4) is 0 Å². The van der Waals surface area contributed by atoms with Crippen LogP contribution in [0.4, 0.5) is 10.1 Å². The Morgan fingerprint density at radius 1 is 1.19 bits per heavy atom. The van der Waals surface area contributed by atoms with Crippen LogP contribution in [0, 0.1) is 17.7 Å². The molecule has 4 unspecified atom stereocenters. The Kier molecular flexibility index (Phi) is 5.93. The molecule has 4 rings (SSSR count). The van der Waals surface area contributed by atoms with Gasteiger partial charge in [-0.05, 0) is 49.7 Å². The molecule has 1 amide bonds.